The van der Waals surface area contributed by atoms with Gasteiger partial charge in [0.1, 0.15) is 5.69 Å². The first-order valence-corrected chi connectivity index (χ1v) is 10.0. The van der Waals surface area contributed by atoms with Gasteiger partial charge in [0.25, 0.3) is 0 Å². The Morgan fingerprint density at radius 1 is 1.27 bits per heavy atom. The molecule has 1 atom stereocenters. The highest BCUT2D eigenvalue weighted by Gasteiger charge is 2.34. The van der Waals surface area contributed by atoms with Crippen molar-refractivity contribution in [2.24, 2.45) is 0 Å². The van der Waals surface area contributed by atoms with Gasteiger partial charge in [-0.1, -0.05) is 11.8 Å². The smallest absolute Gasteiger partial charge is 0.433 e. The second-order valence-corrected chi connectivity index (χ2v) is 7.57. The van der Waals surface area contributed by atoms with Gasteiger partial charge in [-0.2, -0.15) is 13.2 Å². The Hall–Kier alpha value is -2.53. The van der Waals surface area contributed by atoms with Crippen molar-refractivity contribution in [2.45, 2.75) is 30.7 Å². The molecule has 162 valence electrons. The van der Waals surface area contributed by atoms with E-state index in [4.69, 9.17) is 14.2 Å². The minimum absolute atomic E-state index is 0.0581. The van der Waals surface area contributed by atoms with Crippen molar-refractivity contribution >= 4 is 17.7 Å². The van der Waals surface area contributed by atoms with E-state index < -0.39 is 11.9 Å². The molecular formula is C19H20F3N3O4S. The van der Waals surface area contributed by atoms with Crippen LogP contribution < -0.4 is 14.8 Å². The first-order chi connectivity index (χ1) is 14.3. The molecule has 1 amide bonds. The average molecular weight is 443 g/mol. The topological polar surface area (TPSA) is 82.6 Å². The van der Waals surface area contributed by atoms with Gasteiger partial charge in [-0.15, -0.1) is 0 Å². The van der Waals surface area contributed by atoms with Crippen molar-refractivity contribution in [1.29, 1.82) is 0 Å². The summed E-state index contributed by atoms with van der Waals surface area (Å²) in [6, 6.07) is 5.53. The summed E-state index contributed by atoms with van der Waals surface area (Å²) in [5.74, 6) is 0.964. The third kappa shape index (κ3) is 5.76. The van der Waals surface area contributed by atoms with E-state index >= 15 is 0 Å². The molecule has 1 aliphatic rings. The predicted molar refractivity (Wildman–Crippen MR) is 103 cm³/mol. The minimum atomic E-state index is -4.63. The van der Waals surface area contributed by atoms with Crippen molar-refractivity contribution < 1.29 is 32.2 Å². The van der Waals surface area contributed by atoms with E-state index in [1.807, 2.05) is 0 Å². The van der Waals surface area contributed by atoms with Crippen LogP contribution in [-0.2, 0) is 15.7 Å². The molecule has 1 N–H and O–H groups in total. The maximum Gasteiger partial charge on any atom is 0.433 e. The number of nitrogens with one attached hydrogen (secondary N) is 1. The number of carbonyl (C=O) groups excluding carboxylic acids is 1. The highest BCUT2D eigenvalue weighted by atomic mass is 32.2. The van der Waals surface area contributed by atoms with Crippen LogP contribution in [0, 0.1) is 0 Å². The highest BCUT2D eigenvalue weighted by Crippen LogP contribution is 2.37. The van der Waals surface area contributed by atoms with Gasteiger partial charge in [0.15, 0.2) is 16.7 Å². The van der Waals surface area contributed by atoms with E-state index in [0.717, 1.165) is 17.8 Å². The molecule has 1 aliphatic heterocycles. The normalized spacial score (nSPS) is 13.9. The summed E-state index contributed by atoms with van der Waals surface area (Å²) < 4.78 is 55.4. The fourth-order valence-electron chi connectivity index (χ4n) is 2.71. The van der Waals surface area contributed by atoms with Gasteiger partial charge in [0.05, 0.1) is 12.3 Å². The molecule has 11 heteroatoms. The van der Waals surface area contributed by atoms with Crippen molar-refractivity contribution in [3.8, 4) is 22.8 Å². The molecule has 7 nitrogen and oxygen atoms in total. The molecule has 0 aliphatic carbocycles. The number of amides is 1. The van der Waals surface area contributed by atoms with E-state index in [1.165, 1.54) is 7.11 Å². The Morgan fingerprint density at radius 3 is 2.77 bits per heavy atom. The average Bonchev–Trinajstić information content (AvgIpc) is 3.15. The Balaban J connectivity index is 1.74. The number of hydrogen-bond acceptors (Lipinski definition) is 7. The summed E-state index contributed by atoms with van der Waals surface area (Å²) in [6.07, 6.45) is -4.52. The molecule has 0 saturated carbocycles. The van der Waals surface area contributed by atoms with Gasteiger partial charge >= 0.3 is 6.18 Å². The standard InChI is InChI=1S/C19H20F3N3O4S/c1-11(9-27-2)23-17(26)5-6-30-18-24-13(8-16(25-18)19(20,21)22)12-3-4-14-15(7-12)29-10-28-14/h3-4,7-8,11H,5-6,9-10H2,1-2H3,(H,23,26)/t11-/m0/s1. The van der Waals surface area contributed by atoms with Gasteiger partial charge in [-0.25, -0.2) is 9.97 Å². The van der Waals surface area contributed by atoms with E-state index in [0.29, 0.717) is 23.7 Å². The maximum absolute atomic E-state index is 13.3. The number of rotatable bonds is 8. The predicted octanol–water partition coefficient (Wildman–Crippen LogP) is 3.52. The minimum Gasteiger partial charge on any atom is -0.454 e. The molecule has 0 bridgehead atoms. The molecule has 2 aromatic rings. The number of halogens is 3. The Labute approximate surface area is 175 Å². The molecule has 0 unspecified atom stereocenters. The van der Waals surface area contributed by atoms with Gasteiger partial charge in [0, 0.05) is 30.9 Å². The summed E-state index contributed by atoms with van der Waals surface area (Å²) >= 11 is 0.984. The molecule has 30 heavy (non-hydrogen) atoms. The molecule has 0 spiro atoms. The SMILES string of the molecule is COC[C@H](C)NC(=O)CCSc1nc(-c2ccc3c(c2)OCO3)cc(C(F)(F)F)n1. The monoisotopic (exact) mass is 443 g/mol. The molecule has 0 radical (unpaired) electrons. The zero-order valence-electron chi connectivity index (χ0n) is 16.3. The number of aromatic nitrogens is 2. The van der Waals surface area contributed by atoms with Crippen LogP contribution in [0.4, 0.5) is 13.2 Å². The first kappa shape index (κ1) is 22.2. The van der Waals surface area contributed by atoms with Crippen molar-refractivity contribution in [2.75, 3.05) is 26.3 Å². The second-order valence-electron chi connectivity index (χ2n) is 6.51. The van der Waals surface area contributed by atoms with Crippen molar-refractivity contribution in [3.63, 3.8) is 0 Å². The van der Waals surface area contributed by atoms with Gasteiger partial charge in [-0.05, 0) is 31.2 Å². The lowest BCUT2D eigenvalue weighted by Gasteiger charge is -2.13. The molecule has 0 fully saturated rings. The Morgan fingerprint density at radius 2 is 2.03 bits per heavy atom. The zero-order valence-corrected chi connectivity index (χ0v) is 17.1. The lowest BCUT2D eigenvalue weighted by atomic mass is 10.1. The number of alkyl halides is 3. The molecule has 0 saturated heterocycles. The van der Waals surface area contributed by atoms with Crippen LogP contribution in [0.25, 0.3) is 11.3 Å². The summed E-state index contributed by atoms with van der Waals surface area (Å²) in [4.78, 5) is 19.8. The molecule has 2 heterocycles. The summed E-state index contributed by atoms with van der Waals surface area (Å²) in [7, 11) is 1.53. The first-order valence-electron chi connectivity index (χ1n) is 9.03. The van der Waals surface area contributed by atoms with Gasteiger partial charge in [0.2, 0.25) is 12.7 Å². The van der Waals surface area contributed by atoms with E-state index in [-0.39, 0.29) is 41.8 Å². The molecule has 1 aromatic carbocycles. The maximum atomic E-state index is 13.3. The Kier molecular flexibility index (Phi) is 7.03. The number of nitrogens with zero attached hydrogens (tertiary/aromatic N) is 2. The van der Waals surface area contributed by atoms with Crippen LogP contribution in [0.3, 0.4) is 0 Å². The van der Waals surface area contributed by atoms with Crippen LogP contribution in [0.15, 0.2) is 29.4 Å². The quantitative estimate of drug-likeness (QED) is 0.494. The second kappa shape index (κ2) is 9.52. The molecular weight excluding hydrogens is 423 g/mol. The summed E-state index contributed by atoms with van der Waals surface area (Å²) in [5, 5.41) is 2.68. The third-order valence-electron chi connectivity index (χ3n) is 4.05. The summed E-state index contributed by atoms with van der Waals surface area (Å²) in [6.45, 7) is 2.22. The number of hydrogen-bond donors (Lipinski definition) is 1. The van der Waals surface area contributed by atoms with E-state index in [1.54, 1.807) is 25.1 Å². The van der Waals surface area contributed by atoms with Crippen LogP contribution in [0.1, 0.15) is 19.0 Å². The van der Waals surface area contributed by atoms with Crippen molar-refractivity contribution in [1.82, 2.24) is 15.3 Å². The van der Waals surface area contributed by atoms with Crippen LogP contribution in [0.2, 0.25) is 0 Å². The zero-order chi connectivity index (χ0) is 21.7. The van der Waals surface area contributed by atoms with Crippen LogP contribution >= 0.6 is 11.8 Å². The fraction of sp³-hybridized carbons (Fsp3) is 0.421. The van der Waals surface area contributed by atoms with Crippen LogP contribution in [0.5, 0.6) is 11.5 Å². The van der Waals surface area contributed by atoms with Gasteiger partial charge in [-0.3, -0.25) is 4.79 Å². The lowest BCUT2D eigenvalue weighted by Crippen LogP contribution is -2.35. The lowest BCUT2D eigenvalue weighted by molar-refractivity contribution is -0.141. The number of carbonyl (C=O) groups is 1. The van der Waals surface area contributed by atoms with E-state index in [9.17, 15) is 18.0 Å². The third-order valence-corrected chi connectivity index (χ3v) is 4.90. The number of benzene rings is 1. The van der Waals surface area contributed by atoms with Gasteiger partial charge < -0.3 is 19.5 Å². The number of fused-ring (bicyclic) bond motifs is 1. The largest absolute Gasteiger partial charge is 0.454 e. The number of methoxy groups -OCH3 is 1. The number of ether oxygens (including phenoxy) is 3. The summed E-state index contributed by atoms with van der Waals surface area (Å²) in [5.41, 5.74) is -0.498. The number of thioether (sulfide) groups is 1. The Bertz CT molecular complexity index is 911. The fourth-order valence-corrected chi connectivity index (χ4v) is 3.51. The molecule has 3 rings (SSSR count). The van der Waals surface area contributed by atoms with Crippen molar-refractivity contribution in [3.05, 3.63) is 30.0 Å². The highest BCUT2D eigenvalue weighted by molar-refractivity contribution is 7.99. The van der Waals surface area contributed by atoms with E-state index in [2.05, 4.69) is 15.3 Å². The van der Waals surface area contributed by atoms with Crippen LogP contribution in [-0.4, -0.2) is 48.2 Å². The molecule has 1 aromatic heterocycles.